The van der Waals surface area contributed by atoms with Crippen molar-refractivity contribution in [3.05, 3.63) is 35.8 Å². The standard InChI is InChI=1S/C14H17FO2/c1-8(2)9(3)13(16)12-7-10-5-4-6-11(15)14(10)17-12/h4-9,13,16H,1-3H3. The molecular formula is C14H17FO2. The smallest absolute Gasteiger partial charge is 0.170 e. The first kappa shape index (κ1) is 12.1. The first-order valence-electron chi connectivity index (χ1n) is 5.86. The van der Waals surface area contributed by atoms with E-state index in [1.165, 1.54) is 6.07 Å². The van der Waals surface area contributed by atoms with E-state index in [0.717, 1.165) is 0 Å². The average Bonchev–Trinajstić information content (AvgIpc) is 2.72. The maximum absolute atomic E-state index is 13.4. The van der Waals surface area contributed by atoms with E-state index in [2.05, 4.69) is 0 Å². The highest BCUT2D eigenvalue weighted by atomic mass is 19.1. The molecule has 1 aromatic carbocycles. The molecule has 2 atom stereocenters. The molecule has 0 amide bonds. The lowest BCUT2D eigenvalue weighted by Gasteiger charge is -2.20. The molecule has 0 saturated heterocycles. The van der Waals surface area contributed by atoms with E-state index in [1.807, 2.05) is 20.8 Å². The third-order valence-corrected chi connectivity index (χ3v) is 3.36. The van der Waals surface area contributed by atoms with Gasteiger partial charge < -0.3 is 9.52 Å². The van der Waals surface area contributed by atoms with Crippen molar-refractivity contribution < 1.29 is 13.9 Å². The molecule has 1 N–H and O–H groups in total. The molecule has 0 radical (unpaired) electrons. The Kier molecular flexibility index (Phi) is 3.20. The first-order chi connectivity index (χ1) is 8.00. The zero-order chi connectivity index (χ0) is 12.6. The summed E-state index contributed by atoms with van der Waals surface area (Å²) in [6.45, 7) is 6.03. The van der Waals surface area contributed by atoms with Crippen molar-refractivity contribution >= 4 is 11.0 Å². The lowest BCUT2D eigenvalue weighted by atomic mass is 9.91. The number of hydrogen-bond donors (Lipinski definition) is 1. The Labute approximate surface area is 100 Å². The summed E-state index contributed by atoms with van der Waals surface area (Å²) in [5.74, 6) is 0.450. The van der Waals surface area contributed by atoms with Crippen molar-refractivity contribution in [3.63, 3.8) is 0 Å². The van der Waals surface area contributed by atoms with Crippen molar-refractivity contribution in [2.75, 3.05) is 0 Å². The lowest BCUT2D eigenvalue weighted by Crippen LogP contribution is -2.14. The van der Waals surface area contributed by atoms with Gasteiger partial charge in [-0.3, -0.25) is 0 Å². The minimum atomic E-state index is -0.693. The molecule has 0 saturated carbocycles. The number of rotatable bonds is 3. The molecule has 0 fully saturated rings. The third kappa shape index (κ3) is 2.20. The van der Waals surface area contributed by atoms with Crippen LogP contribution in [0, 0.1) is 17.7 Å². The summed E-state index contributed by atoms with van der Waals surface area (Å²) in [5, 5.41) is 10.8. The van der Waals surface area contributed by atoms with Gasteiger partial charge in [-0.15, -0.1) is 0 Å². The van der Waals surface area contributed by atoms with E-state index < -0.39 is 11.9 Å². The molecule has 0 aliphatic carbocycles. The zero-order valence-corrected chi connectivity index (χ0v) is 10.3. The van der Waals surface area contributed by atoms with E-state index >= 15 is 0 Å². The van der Waals surface area contributed by atoms with Crippen LogP contribution in [0.25, 0.3) is 11.0 Å². The van der Waals surface area contributed by atoms with Crippen LogP contribution in [-0.2, 0) is 0 Å². The van der Waals surface area contributed by atoms with Crippen molar-refractivity contribution in [3.8, 4) is 0 Å². The second-order valence-corrected chi connectivity index (χ2v) is 4.85. The summed E-state index contributed by atoms with van der Waals surface area (Å²) in [6, 6.07) is 6.48. The Morgan fingerprint density at radius 2 is 1.94 bits per heavy atom. The molecule has 1 aromatic heterocycles. The molecule has 0 spiro atoms. The van der Waals surface area contributed by atoms with Gasteiger partial charge in [0.2, 0.25) is 0 Å². The van der Waals surface area contributed by atoms with Crippen molar-refractivity contribution in [2.45, 2.75) is 26.9 Å². The highest BCUT2D eigenvalue weighted by Gasteiger charge is 2.23. The van der Waals surface area contributed by atoms with Crippen LogP contribution in [0.1, 0.15) is 32.6 Å². The van der Waals surface area contributed by atoms with Gasteiger partial charge in [0.1, 0.15) is 11.9 Å². The fourth-order valence-electron chi connectivity index (χ4n) is 1.82. The highest BCUT2D eigenvalue weighted by Crippen LogP contribution is 2.32. The third-order valence-electron chi connectivity index (χ3n) is 3.36. The first-order valence-corrected chi connectivity index (χ1v) is 5.86. The van der Waals surface area contributed by atoms with Crippen molar-refractivity contribution in [1.82, 2.24) is 0 Å². The van der Waals surface area contributed by atoms with E-state index in [0.29, 0.717) is 17.1 Å². The van der Waals surface area contributed by atoms with Crippen LogP contribution in [-0.4, -0.2) is 5.11 Å². The minimum Gasteiger partial charge on any atom is -0.455 e. The van der Waals surface area contributed by atoms with Gasteiger partial charge in [-0.2, -0.15) is 0 Å². The maximum Gasteiger partial charge on any atom is 0.170 e. The van der Waals surface area contributed by atoms with Crippen LogP contribution in [0.2, 0.25) is 0 Å². The fraction of sp³-hybridized carbons (Fsp3) is 0.429. The summed E-state index contributed by atoms with van der Waals surface area (Å²) in [5.41, 5.74) is 0.220. The molecule has 17 heavy (non-hydrogen) atoms. The number of furan rings is 1. The lowest BCUT2D eigenvalue weighted by molar-refractivity contribution is 0.0729. The average molecular weight is 236 g/mol. The van der Waals surface area contributed by atoms with E-state index in [-0.39, 0.29) is 11.5 Å². The van der Waals surface area contributed by atoms with E-state index in [9.17, 15) is 9.50 Å². The topological polar surface area (TPSA) is 33.4 Å². The molecule has 3 heteroatoms. The largest absolute Gasteiger partial charge is 0.455 e. The summed E-state index contributed by atoms with van der Waals surface area (Å²) < 4.78 is 18.9. The van der Waals surface area contributed by atoms with E-state index in [4.69, 9.17) is 4.42 Å². The van der Waals surface area contributed by atoms with Crippen LogP contribution < -0.4 is 0 Å². The maximum atomic E-state index is 13.4. The monoisotopic (exact) mass is 236 g/mol. The van der Waals surface area contributed by atoms with Gasteiger partial charge in [-0.25, -0.2) is 4.39 Å². The molecule has 1 heterocycles. The van der Waals surface area contributed by atoms with Gasteiger partial charge in [0.25, 0.3) is 0 Å². The fourth-order valence-corrected chi connectivity index (χ4v) is 1.82. The normalized spacial score (nSPS) is 15.4. The zero-order valence-electron chi connectivity index (χ0n) is 10.3. The predicted molar refractivity (Wildman–Crippen MR) is 65.1 cm³/mol. The number of fused-ring (bicyclic) bond motifs is 1. The predicted octanol–water partition coefficient (Wildman–Crippen LogP) is 3.90. The van der Waals surface area contributed by atoms with Crippen LogP contribution in [0.4, 0.5) is 4.39 Å². The molecule has 0 aliphatic heterocycles. The van der Waals surface area contributed by atoms with E-state index in [1.54, 1.807) is 18.2 Å². The Hall–Kier alpha value is -1.35. The van der Waals surface area contributed by atoms with Gasteiger partial charge in [-0.05, 0) is 24.0 Å². The molecule has 92 valence electrons. The van der Waals surface area contributed by atoms with Gasteiger partial charge in [0, 0.05) is 5.39 Å². The number of aliphatic hydroxyl groups is 1. The number of halogens is 1. The molecule has 0 bridgehead atoms. The van der Waals surface area contributed by atoms with Gasteiger partial charge >= 0.3 is 0 Å². The highest BCUT2D eigenvalue weighted by molar-refractivity contribution is 5.78. The summed E-state index contributed by atoms with van der Waals surface area (Å²) >= 11 is 0. The molecule has 2 unspecified atom stereocenters. The minimum absolute atomic E-state index is 0.0682. The Morgan fingerprint density at radius 3 is 2.53 bits per heavy atom. The van der Waals surface area contributed by atoms with Crippen LogP contribution in [0.3, 0.4) is 0 Å². The summed E-state index contributed by atoms with van der Waals surface area (Å²) in [6.07, 6.45) is -0.693. The molecule has 2 nitrogen and oxygen atoms in total. The molecule has 2 rings (SSSR count). The van der Waals surface area contributed by atoms with Crippen LogP contribution in [0.15, 0.2) is 28.7 Å². The summed E-state index contributed by atoms with van der Waals surface area (Å²) in [4.78, 5) is 0. The van der Waals surface area contributed by atoms with Crippen LogP contribution >= 0.6 is 0 Å². The number of aliphatic hydroxyl groups excluding tert-OH is 1. The summed E-state index contributed by atoms with van der Waals surface area (Å²) in [7, 11) is 0. The Morgan fingerprint density at radius 1 is 1.24 bits per heavy atom. The van der Waals surface area contributed by atoms with Gasteiger partial charge in [-0.1, -0.05) is 32.9 Å². The number of benzene rings is 1. The van der Waals surface area contributed by atoms with Crippen molar-refractivity contribution in [1.29, 1.82) is 0 Å². The molecule has 0 aliphatic rings. The SMILES string of the molecule is CC(C)C(C)C(O)c1cc2cccc(F)c2o1. The van der Waals surface area contributed by atoms with Gasteiger partial charge in [0.15, 0.2) is 11.4 Å². The second kappa shape index (κ2) is 4.49. The molecule has 2 aromatic rings. The number of hydrogen-bond acceptors (Lipinski definition) is 2. The number of para-hydroxylation sites is 1. The van der Waals surface area contributed by atoms with Crippen molar-refractivity contribution in [2.24, 2.45) is 11.8 Å². The molecular weight excluding hydrogens is 219 g/mol. The second-order valence-electron chi connectivity index (χ2n) is 4.85. The van der Waals surface area contributed by atoms with Gasteiger partial charge in [0.05, 0.1) is 0 Å². The van der Waals surface area contributed by atoms with Crippen LogP contribution in [0.5, 0.6) is 0 Å². The Bertz CT molecular complexity index is 516. The quantitative estimate of drug-likeness (QED) is 0.876. The Balaban J connectivity index is 2.40.